The van der Waals surface area contributed by atoms with Crippen LogP contribution >= 0.6 is 0 Å². The molecule has 1 amide bonds. The monoisotopic (exact) mass is 514 g/mol. The zero-order valence-electron chi connectivity index (χ0n) is 22.1. The molecule has 2 aromatic carbocycles. The largest absolute Gasteiger partial charge is 0.497 e. The van der Waals surface area contributed by atoms with E-state index in [4.69, 9.17) is 9.47 Å². The summed E-state index contributed by atoms with van der Waals surface area (Å²) in [6.07, 6.45) is 9.06. The number of amides is 1. The lowest BCUT2D eigenvalue weighted by molar-refractivity contribution is -0.118. The van der Waals surface area contributed by atoms with Crippen molar-refractivity contribution in [2.24, 2.45) is 17.8 Å². The summed E-state index contributed by atoms with van der Waals surface area (Å²) >= 11 is 0. The number of nitrogens with one attached hydrogen (secondary N) is 3. The Bertz CT molecular complexity index is 1240. The summed E-state index contributed by atoms with van der Waals surface area (Å²) in [6.45, 7) is 4.67. The smallest absolute Gasteiger partial charge is 0.235 e. The van der Waals surface area contributed by atoms with Crippen molar-refractivity contribution in [2.45, 2.75) is 49.7 Å². The lowest BCUT2D eigenvalue weighted by Gasteiger charge is -2.33. The first-order chi connectivity index (χ1) is 18.6. The summed E-state index contributed by atoms with van der Waals surface area (Å²) in [5.74, 6) is 2.58. The van der Waals surface area contributed by atoms with Gasteiger partial charge in [-0.25, -0.2) is 0 Å². The number of nitrogens with zero attached hydrogens (tertiary/aromatic N) is 1. The minimum Gasteiger partial charge on any atom is -0.497 e. The molecule has 4 unspecified atom stereocenters. The van der Waals surface area contributed by atoms with Crippen molar-refractivity contribution in [2.75, 3.05) is 38.7 Å². The molecule has 5 aliphatic rings. The maximum atomic E-state index is 13.1. The third-order valence-electron chi connectivity index (χ3n) is 9.74. The van der Waals surface area contributed by atoms with Crippen LogP contribution in [0.3, 0.4) is 0 Å². The number of ether oxygens (including phenoxy) is 2. The molecule has 3 N–H and O–H groups in total. The molecule has 1 spiro atoms. The van der Waals surface area contributed by atoms with Gasteiger partial charge in [-0.15, -0.1) is 0 Å². The SMILES string of the molecule is COc1ccc2c(c1)[C@]1(C[C@H]1C1CCC3C(/C=C/c4cccc(CN5CCOCC5)c4)NNC3C1)C(=O)N2. The van der Waals surface area contributed by atoms with Crippen molar-refractivity contribution < 1.29 is 14.3 Å². The Morgan fingerprint density at radius 2 is 2.03 bits per heavy atom. The summed E-state index contributed by atoms with van der Waals surface area (Å²) in [4.78, 5) is 15.6. The van der Waals surface area contributed by atoms with Gasteiger partial charge in [0.05, 0.1) is 25.7 Å². The quantitative estimate of drug-likeness (QED) is 0.546. The van der Waals surface area contributed by atoms with Gasteiger partial charge >= 0.3 is 0 Å². The summed E-state index contributed by atoms with van der Waals surface area (Å²) in [5.41, 5.74) is 11.6. The van der Waals surface area contributed by atoms with Crippen LogP contribution in [0.4, 0.5) is 5.69 Å². The molecule has 2 saturated heterocycles. The van der Waals surface area contributed by atoms with Crippen LogP contribution in [-0.4, -0.2) is 56.3 Å². The minimum atomic E-state index is -0.348. The summed E-state index contributed by atoms with van der Waals surface area (Å²) in [7, 11) is 1.69. The molecule has 6 atom stereocenters. The first-order valence-electron chi connectivity index (χ1n) is 14.2. The predicted octanol–water partition coefficient (Wildman–Crippen LogP) is 3.71. The molecule has 7 rings (SSSR count). The maximum Gasteiger partial charge on any atom is 0.235 e. The van der Waals surface area contributed by atoms with Gasteiger partial charge in [-0.1, -0.05) is 36.4 Å². The summed E-state index contributed by atoms with van der Waals surface area (Å²) in [6, 6.07) is 15.7. The fourth-order valence-corrected chi connectivity index (χ4v) is 7.63. The van der Waals surface area contributed by atoms with Crippen molar-refractivity contribution in [1.29, 1.82) is 0 Å². The second-order valence-corrected chi connectivity index (χ2v) is 11.8. The number of carbonyl (C=O) groups excluding carboxylic acids is 1. The predicted molar refractivity (Wildman–Crippen MR) is 148 cm³/mol. The van der Waals surface area contributed by atoms with Crippen LogP contribution in [0.1, 0.15) is 42.4 Å². The van der Waals surface area contributed by atoms with Crippen molar-refractivity contribution in [3.05, 3.63) is 65.2 Å². The van der Waals surface area contributed by atoms with Gasteiger partial charge in [-0.3, -0.25) is 20.5 Å². The van der Waals surface area contributed by atoms with Crippen LogP contribution in [0.15, 0.2) is 48.5 Å². The van der Waals surface area contributed by atoms with Crippen molar-refractivity contribution in [1.82, 2.24) is 15.8 Å². The highest BCUT2D eigenvalue weighted by Crippen LogP contribution is 2.65. The molecule has 0 bridgehead atoms. The summed E-state index contributed by atoms with van der Waals surface area (Å²) in [5, 5.41) is 3.14. The van der Waals surface area contributed by atoms with E-state index < -0.39 is 0 Å². The van der Waals surface area contributed by atoms with Crippen molar-refractivity contribution >= 4 is 17.7 Å². The van der Waals surface area contributed by atoms with E-state index >= 15 is 0 Å². The third kappa shape index (κ3) is 4.26. The van der Waals surface area contributed by atoms with Crippen molar-refractivity contribution in [3.8, 4) is 5.75 Å². The normalized spacial score (nSPS) is 34.3. The molecule has 4 fully saturated rings. The molecule has 2 aliphatic carbocycles. The van der Waals surface area contributed by atoms with Gasteiger partial charge in [0.2, 0.25) is 5.91 Å². The Labute approximate surface area is 224 Å². The first-order valence-corrected chi connectivity index (χ1v) is 14.2. The fraction of sp³-hybridized carbons (Fsp3) is 0.516. The second-order valence-electron chi connectivity index (χ2n) is 11.8. The number of hydrogen-bond acceptors (Lipinski definition) is 6. The van der Waals surface area contributed by atoms with E-state index in [1.54, 1.807) is 7.11 Å². The van der Waals surface area contributed by atoms with Gasteiger partial charge in [0.15, 0.2) is 0 Å². The van der Waals surface area contributed by atoms with Gasteiger partial charge in [0, 0.05) is 37.4 Å². The number of anilines is 1. The van der Waals surface area contributed by atoms with Crippen LogP contribution in [0.5, 0.6) is 5.75 Å². The van der Waals surface area contributed by atoms with E-state index in [1.165, 1.54) is 24.0 Å². The number of carbonyl (C=O) groups is 1. The lowest BCUT2D eigenvalue weighted by atomic mass is 9.73. The van der Waals surface area contributed by atoms with Gasteiger partial charge in [0.1, 0.15) is 5.75 Å². The molecule has 2 aromatic rings. The molecular formula is C31H38N4O3. The summed E-state index contributed by atoms with van der Waals surface area (Å²) < 4.78 is 11.0. The highest BCUT2D eigenvalue weighted by Gasteiger charge is 2.67. The zero-order valence-corrected chi connectivity index (χ0v) is 22.1. The van der Waals surface area contributed by atoms with E-state index in [2.05, 4.69) is 63.6 Å². The fourth-order valence-electron chi connectivity index (χ4n) is 7.63. The Morgan fingerprint density at radius 1 is 1.13 bits per heavy atom. The second kappa shape index (κ2) is 9.79. The van der Waals surface area contributed by atoms with Crippen LogP contribution in [0.25, 0.3) is 6.08 Å². The van der Waals surface area contributed by atoms with Gasteiger partial charge in [-0.2, -0.15) is 0 Å². The number of methoxy groups -OCH3 is 1. The molecule has 0 radical (unpaired) electrons. The lowest BCUT2D eigenvalue weighted by Crippen LogP contribution is -2.37. The maximum absolute atomic E-state index is 13.1. The van der Waals surface area contributed by atoms with Crippen molar-refractivity contribution in [3.63, 3.8) is 0 Å². The topological polar surface area (TPSA) is 74.9 Å². The molecule has 38 heavy (non-hydrogen) atoms. The first kappa shape index (κ1) is 24.3. The average molecular weight is 515 g/mol. The molecule has 3 aliphatic heterocycles. The zero-order chi connectivity index (χ0) is 25.7. The number of hydrazine groups is 1. The average Bonchev–Trinajstić information content (AvgIpc) is 3.49. The van der Waals surface area contributed by atoms with Crippen LogP contribution in [0, 0.1) is 17.8 Å². The number of morpholine rings is 1. The highest BCUT2D eigenvalue weighted by atomic mass is 16.5. The number of hydrogen-bond donors (Lipinski definition) is 3. The van der Waals surface area contributed by atoms with Gasteiger partial charge in [0.25, 0.3) is 0 Å². The molecule has 3 heterocycles. The number of fused-ring (bicyclic) bond motifs is 3. The van der Waals surface area contributed by atoms with Crippen LogP contribution < -0.4 is 20.9 Å². The van der Waals surface area contributed by atoms with E-state index in [0.717, 1.165) is 62.7 Å². The Morgan fingerprint density at radius 3 is 2.89 bits per heavy atom. The minimum absolute atomic E-state index is 0.182. The molecule has 7 heteroatoms. The Balaban J connectivity index is 0.987. The van der Waals surface area contributed by atoms with E-state index in [9.17, 15) is 4.79 Å². The van der Waals surface area contributed by atoms with E-state index in [-0.39, 0.29) is 11.3 Å². The molecule has 0 aromatic heterocycles. The highest BCUT2D eigenvalue weighted by molar-refractivity contribution is 6.09. The van der Waals surface area contributed by atoms with E-state index in [1.807, 2.05) is 12.1 Å². The molecule has 200 valence electrons. The Kier molecular flexibility index (Phi) is 6.27. The molecule has 7 nitrogen and oxygen atoms in total. The van der Waals surface area contributed by atoms with Gasteiger partial charge < -0.3 is 14.8 Å². The van der Waals surface area contributed by atoms with E-state index in [0.29, 0.717) is 29.8 Å². The van der Waals surface area contributed by atoms with Crippen LogP contribution in [0.2, 0.25) is 0 Å². The standard InChI is InChI=1S/C31H38N4O3/c1-37-23-7-10-28-25(17-23)31(30(36)32-28)18-26(31)22-6-8-24-27(33-34-29(24)16-22)9-5-20-3-2-4-21(15-20)19-35-11-13-38-14-12-35/h2-5,7,9-10,15,17,22,24,26-27,29,33-34H,6,8,11-14,16,18-19H2,1H3,(H,32,36)/b9-5+/t22?,24?,26-,27?,29?,31-/m0/s1. The van der Waals surface area contributed by atoms with Crippen LogP contribution in [-0.2, 0) is 21.5 Å². The third-order valence-corrected chi connectivity index (χ3v) is 9.74. The molecular weight excluding hydrogens is 476 g/mol. The molecule has 2 saturated carbocycles. The number of benzene rings is 2. The Hall–Kier alpha value is -2.71. The van der Waals surface area contributed by atoms with Gasteiger partial charge in [-0.05, 0) is 78.3 Å². The number of rotatable bonds is 6.